The van der Waals surface area contributed by atoms with Gasteiger partial charge in [0.2, 0.25) is 0 Å². The van der Waals surface area contributed by atoms with Gasteiger partial charge in [0, 0.05) is 17.7 Å². The first kappa shape index (κ1) is 20.6. The van der Waals surface area contributed by atoms with Crippen LogP contribution >= 0.6 is 35.4 Å². The second-order valence-electron chi connectivity index (χ2n) is 8.01. The fraction of sp³-hybridized carbons (Fsp3) is 0.391. The summed E-state index contributed by atoms with van der Waals surface area (Å²) in [5, 5.41) is 1.00. The zero-order valence-corrected chi connectivity index (χ0v) is 18.4. The molecule has 4 rings (SSSR count). The highest BCUT2D eigenvalue weighted by Crippen LogP contribution is 2.41. The average molecular weight is 447 g/mol. The first-order chi connectivity index (χ1) is 14.0. The van der Waals surface area contributed by atoms with Crippen LogP contribution in [-0.2, 0) is 6.42 Å². The number of halogens is 2. The summed E-state index contributed by atoms with van der Waals surface area (Å²) >= 11 is 17.8. The fourth-order valence-electron chi connectivity index (χ4n) is 4.71. The SMILES string of the molecule is O=c1[nH]c(=S)[nH]c(C2CCC(C3C=CC=CC3)CC2)c1Cc1cccc(Cl)c1Cl. The lowest BCUT2D eigenvalue weighted by Gasteiger charge is -2.33. The molecule has 1 atom stereocenters. The van der Waals surface area contributed by atoms with Crippen LogP contribution < -0.4 is 5.56 Å². The predicted molar refractivity (Wildman–Crippen MR) is 123 cm³/mol. The van der Waals surface area contributed by atoms with Crippen molar-refractivity contribution in [2.24, 2.45) is 11.8 Å². The molecule has 1 saturated carbocycles. The maximum atomic E-state index is 12.8. The Bertz CT molecular complexity index is 1060. The molecular weight excluding hydrogens is 423 g/mol. The maximum Gasteiger partial charge on any atom is 0.255 e. The Labute approximate surface area is 185 Å². The molecule has 0 amide bonds. The van der Waals surface area contributed by atoms with E-state index in [4.69, 9.17) is 35.4 Å². The van der Waals surface area contributed by atoms with E-state index >= 15 is 0 Å². The van der Waals surface area contributed by atoms with E-state index in [0.717, 1.165) is 43.4 Å². The van der Waals surface area contributed by atoms with Gasteiger partial charge >= 0.3 is 0 Å². The molecule has 3 nitrogen and oxygen atoms in total. The minimum absolute atomic E-state index is 0.137. The predicted octanol–water partition coefficient (Wildman–Crippen LogP) is 6.74. The summed E-state index contributed by atoms with van der Waals surface area (Å²) in [5.74, 6) is 1.66. The largest absolute Gasteiger partial charge is 0.335 e. The molecule has 0 bridgehead atoms. The van der Waals surface area contributed by atoms with Crippen LogP contribution in [0, 0.1) is 16.6 Å². The second kappa shape index (κ2) is 9.03. The van der Waals surface area contributed by atoms with E-state index in [1.807, 2.05) is 12.1 Å². The number of allylic oxidation sites excluding steroid dienone is 4. The molecule has 0 saturated heterocycles. The molecule has 2 aliphatic carbocycles. The molecule has 152 valence electrons. The smallest absolute Gasteiger partial charge is 0.255 e. The van der Waals surface area contributed by atoms with E-state index in [-0.39, 0.29) is 5.56 Å². The van der Waals surface area contributed by atoms with Gasteiger partial charge in [0.05, 0.1) is 10.0 Å². The Morgan fingerprint density at radius 2 is 1.86 bits per heavy atom. The fourth-order valence-corrected chi connectivity index (χ4v) is 5.30. The first-order valence-corrected chi connectivity index (χ1v) is 11.3. The molecule has 2 aromatic rings. The normalized spacial score (nSPS) is 24.0. The molecule has 1 aromatic carbocycles. The Balaban J connectivity index is 1.58. The quantitative estimate of drug-likeness (QED) is 0.510. The lowest BCUT2D eigenvalue weighted by atomic mass is 9.72. The zero-order chi connectivity index (χ0) is 20.4. The topological polar surface area (TPSA) is 48.6 Å². The summed E-state index contributed by atoms with van der Waals surface area (Å²) in [5.41, 5.74) is 2.39. The number of aromatic amines is 2. The molecule has 2 aliphatic rings. The molecule has 1 heterocycles. The van der Waals surface area contributed by atoms with Gasteiger partial charge in [-0.2, -0.15) is 0 Å². The van der Waals surface area contributed by atoms with Gasteiger partial charge in [0.1, 0.15) is 0 Å². The van der Waals surface area contributed by atoms with E-state index in [2.05, 4.69) is 34.3 Å². The van der Waals surface area contributed by atoms with Crippen molar-refractivity contribution in [1.82, 2.24) is 9.97 Å². The van der Waals surface area contributed by atoms with Crippen LogP contribution in [0.25, 0.3) is 0 Å². The Morgan fingerprint density at radius 1 is 1.07 bits per heavy atom. The number of hydrogen-bond acceptors (Lipinski definition) is 2. The van der Waals surface area contributed by atoms with E-state index in [0.29, 0.717) is 44.6 Å². The summed E-state index contributed by atoms with van der Waals surface area (Å²) in [7, 11) is 0. The molecule has 1 aromatic heterocycles. The molecule has 1 fully saturated rings. The third kappa shape index (κ3) is 4.60. The summed E-state index contributed by atoms with van der Waals surface area (Å²) in [6.45, 7) is 0. The van der Waals surface area contributed by atoms with Crippen molar-refractivity contribution in [3.63, 3.8) is 0 Å². The molecular formula is C23H24Cl2N2OS. The van der Waals surface area contributed by atoms with Crippen molar-refractivity contribution in [2.75, 3.05) is 0 Å². The van der Waals surface area contributed by atoms with E-state index in [1.165, 1.54) is 0 Å². The molecule has 6 heteroatoms. The van der Waals surface area contributed by atoms with E-state index in [1.54, 1.807) is 6.07 Å². The van der Waals surface area contributed by atoms with Crippen LogP contribution in [0.1, 0.15) is 54.8 Å². The van der Waals surface area contributed by atoms with Gasteiger partial charge in [-0.05, 0) is 73.7 Å². The Morgan fingerprint density at radius 3 is 2.59 bits per heavy atom. The molecule has 0 radical (unpaired) electrons. The van der Waals surface area contributed by atoms with Gasteiger partial charge in [-0.1, -0.05) is 59.6 Å². The number of benzene rings is 1. The van der Waals surface area contributed by atoms with Crippen molar-refractivity contribution in [3.05, 3.63) is 84.5 Å². The van der Waals surface area contributed by atoms with Crippen molar-refractivity contribution < 1.29 is 0 Å². The summed E-state index contributed by atoms with van der Waals surface area (Å²) in [4.78, 5) is 18.8. The maximum absolute atomic E-state index is 12.8. The monoisotopic (exact) mass is 446 g/mol. The van der Waals surface area contributed by atoms with Crippen LogP contribution in [0.2, 0.25) is 10.0 Å². The van der Waals surface area contributed by atoms with Crippen LogP contribution in [0.5, 0.6) is 0 Å². The standard InChI is InChI=1S/C23H24Cl2N2OS/c24-19-8-4-7-17(20(19)25)13-18-21(26-23(29)27-22(18)28)16-11-9-15(10-12-16)14-5-2-1-3-6-14/h1-5,7-8,14-16H,6,9-13H2,(H2,26,27,28,29). The minimum atomic E-state index is -0.137. The third-order valence-electron chi connectivity index (χ3n) is 6.27. The van der Waals surface area contributed by atoms with E-state index in [9.17, 15) is 4.79 Å². The second-order valence-corrected chi connectivity index (χ2v) is 9.21. The Kier molecular flexibility index (Phi) is 6.43. The average Bonchev–Trinajstić information content (AvgIpc) is 2.73. The number of rotatable bonds is 4. The lowest BCUT2D eigenvalue weighted by molar-refractivity contribution is 0.262. The van der Waals surface area contributed by atoms with Crippen LogP contribution in [0.3, 0.4) is 0 Å². The number of aromatic nitrogens is 2. The van der Waals surface area contributed by atoms with Crippen molar-refractivity contribution in [2.45, 2.75) is 44.4 Å². The number of nitrogens with one attached hydrogen (secondary N) is 2. The van der Waals surface area contributed by atoms with Crippen LogP contribution in [0.15, 0.2) is 47.3 Å². The van der Waals surface area contributed by atoms with E-state index < -0.39 is 0 Å². The van der Waals surface area contributed by atoms with Crippen molar-refractivity contribution in [3.8, 4) is 0 Å². The lowest BCUT2D eigenvalue weighted by Crippen LogP contribution is -2.25. The summed E-state index contributed by atoms with van der Waals surface area (Å²) < 4.78 is 0.383. The van der Waals surface area contributed by atoms with Gasteiger partial charge in [-0.25, -0.2) is 0 Å². The van der Waals surface area contributed by atoms with Gasteiger partial charge in [-0.3, -0.25) is 9.78 Å². The van der Waals surface area contributed by atoms with Gasteiger partial charge in [-0.15, -0.1) is 0 Å². The highest BCUT2D eigenvalue weighted by molar-refractivity contribution is 7.71. The molecule has 29 heavy (non-hydrogen) atoms. The number of H-pyrrole nitrogens is 2. The minimum Gasteiger partial charge on any atom is -0.335 e. The van der Waals surface area contributed by atoms with Gasteiger partial charge in [0.15, 0.2) is 4.77 Å². The van der Waals surface area contributed by atoms with Crippen LogP contribution in [-0.4, -0.2) is 9.97 Å². The molecule has 0 spiro atoms. The summed E-state index contributed by atoms with van der Waals surface area (Å²) in [6.07, 6.45) is 14.9. The zero-order valence-electron chi connectivity index (χ0n) is 16.1. The molecule has 2 N–H and O–H groups in total. The Hall–Kier alpha value is -1.62. The molecule has 0 aliphatic heterocycles. The van der Waals surface area contributed by atoms with Gasteiger partial charge < -0.3 is 4.98 Å². The first-order valence-electron chi connectivity index (χ1n) is 10.1. The highest BCUT2D eigenvalue weighted by Gasteiger charge is 2.29. The van der Waals surface area contributed by atoms with Crippen molar-refractivity contribution in [1.29, 1.82) is 0 Å². The van der Waals surface area contributed by atoms with Crippen molar-refractivity contribution >= 4 is 35.4 Å². The molecule has 1 unspecified atom stereocenters. The number of hydrogen-bond donors (Lipinski definition) is 2. The van der Waals surface area contributed by atoms with Crippen LogP contribution in [0.4, 0.5) is 0 Å². The summed E-state index contributed by atoms with van der Waals surface area (Å²) in [6, 6.07) is 5.53. The third-order valence-corrected chi connectivity index (χ3v) is 7.33. The highest BCUT2D eigenvalue weighted by atomic mass is 35.5. The van der Waals surface area contributed by atoms with Gasteiger partial charge in [0.25, 0.3) is 5.56 Å².